The van der Waals surface area contributed by atoms with E-state index in [0.717, 1.165) is 7.31 Å². The molecular weight excluding hydrogens is 203 g/mol. The first-order chi connectivity index (χ1) is 3.27. The Morgan fingerprint density at radius 2 is 2.29 bits per heavy atom. The van der Waals surface area contributed by atoms with Gasteiger partial charge in [-0.05, 0) is 0 Å². The number of nitrogens with one attached hydrogen (secondary N) is 1. The van der Waals surface area contributed by atoms with E-state index < -0.39 is 20.2 Å². The zero-order chi connectivity index (χ0) is 5.70. The van der Waals surface area contributed by atoms with Crippen LogP contribution in [0.2, 0.25) is 0 Å². The van der Waals surface area contributed by atoms with Crippen molar-refractivity contribution in [3.05, 3.63) is 0 Å². The van der Waals surface area contributed by atoms with Crippen LogP contribution in [0.3, 0.4) is 0 Å². The average Bonchev–Trinajstić information content (AvgIpc) is 1.61. The van der Waals surface area contributed by atoms with Crippen molar-refractivity contribution >= 4 is 35.3 Å². The van der Waals surface area contributed by atoms with Crippen molar-refractivity contribution in [3.63, 3.8) is 0 Å². The fourth-order valence-corrected chi connectivity index (χ4v) is 1.10. The molecule has 0 unspecified atom stereocenters. The summed E-state index contributed by atoms with van der Waals surface area (Å²) < 4.78 is 5.10. The van der Waals surface area contributed by atoms with Gasteiger partial charge in [-0.3, -0.25) is 0 Å². The molecule has 0 aromatic carbocycles. The van der Waals surface area contributed by atoms with E-state index >= 15 is 0 Å². The first kappa shape index (κ1) is 7.78. The van der Waals surface area contributed by atoms with Gasteiger partial charge in [-0.1, -0.05) is 0 Å². The topological polar surface area (TPSA) is 21.3 Å². The molecule has 42 valence electrons. The Hall–Kier alpha value is 0.780. The molecule has 0 saturated carbocycles. The Balaban J connectivity index is 2.68. The molecule has 1 N–H and O–H groups in total. The molecule has 0 radical (unpaired) electrons. The van der Waals surface area contributed by atoms with E-state index in [0.29, 0.717) is 0 Å². The van der Waals surface area contributed by atoms with Gasteiger partial charge in [0.1, 0.15) is 0 Å². The molecule has 0 aliphatic rings. The number of rotatable bonds is 3. The monoisotopic (exact) mass is 213 g/mol. The Morgan fingerprint density at radius 3 is 2.43 bits per heavy atom. The maximum atomic E-state index is 5.10. The van der Waals surface area contributed by atoms with Gasteiger partial charge in [-0.15, -0.1) is 0 Å². The van der Waals surface area contributed by atoms with Gasteiger partial charge in [-0.2, -0.15) is 0 Å². The van der Waals surface area contributed by atoms with Crippen molar-refractivity contribution in [1.82, 2.24) is 5.39 Å². The van der Waals surface area contributed by atoms with Crippen LogP contribution < -0.4 is 5.39 Å². The molecule has 0 aromatic rings. The summed E-state index contributed by atoms with van der Waals surface area (Å²) in [5.41, 5.74) is 0. The average molecular weight is 213 g/mol. The molecule has 0 aromatic heterocycles. The van der Waals surface area contributed by atoms with Crippen LogP contribution in [0.4, 0.5) is 0 Å². The van der Waals surface area contributed by atoms with Gasteiger partial charge >= 0.3 is 53.7 Å². The van der Waals surface area contributed by atoms with Gasteiger partial charge in [0.15, 0.2) is 0 Å². The van der Waals surface area contributed by atoms with Crippen LogP contribution >= 0.6 is 20.2 Å². The summed E-state index contributed by atoms with van der Waals surface area (Å²) in [5.74, 6) is 0. The molecular formula is C2H10B2INO. The second kappa shape index (κ2) is 4.93. The first-order valence-corrected chi connectivity index (χ1v) is 7.37. The predicted molar refractivity (Wildman–Crippen MR) is 45.8 cm³/mol. The van der Waals surface area contributed by atoms with E-state index in [1.807, 2.05) is 7.74 Å². The molecule has 5 heteroatoms. The Bertz CT molecular complexity index is 44.7. The van der Waals surface area contributed by atoms with Gasteiger partial charge in [0.25, 0.3) is 0 Å². The second-order valence-electron chi connectivity index (χ2n) is 1.26. The maximum absolute atomic E-state index is 5.10. The molecule has 7 heavy (non-hydrogen) atoms. The van der Waals surface area contributed by atoms with Crippen LogP contribution in [0.15, 0.2) is 0 Å². The van der Waals surface area contributed by atoms with E-state index in [4.69, 9.17) is 3.17 Å². The van der Waals surface area contributed by atoms with Crippen molar-refractivity contribution in [2.75, 3.05) is 9.86 Å². The Morgan fingerprint density at radius 1 is 1.71 bits per heavy atom. The third-order valence-electron chi connectivity index (χ3n) is 0.353. The molecule has 0 heterocycles. The van der Waals surface area contributed by atoms with Gasteiger partial charge in [0.05, 0.1) is 0 Å². The predicted octanol–water partition coefficient (Wildman–Crippen LogP) is -0.912. The van der Waals surface area contributed by atoms with E-state index in [2.05, 4.69) is 15.3 Å². The van der Waals surface area contributed by atoms with Crippen molar-refractivity contribution in [2.24, 2.45) is 0 Å². The van der Waals surface area contributed by atoms with Crippen LogP contribution in [0, 0.1) is 0 Å². The van der Waals surface area contributed by atoms with Gasteiger partial charge in [0.2, 0.25) is 0 Å². The summed E-state index contributed by atoms with van der Waals surface area (Å²) in [4.78, 5) is 4.29. The van der Waals surface area contributed by atoms with E-state index in [1.54, 1.807) is 0 Å². The number of hydrogen-bond donors (Lipinski definition) is 1. The molecule has 0 aliphatic carbocycles. The molecule has 0 spiro atoms. The summed E-state index contributed by atoms with van der Waals surface area (Å²) in [7, 11) is 2.94. The fourth-order valence-electron chi connectivity index (χ4n) is 0.164. The second-order valence-corrected chi connectivity index (χ2v) is 5.62. The minimum atomic E-state index is -0.939. The minimum absolute atomic E-state index is 0.912. The summed E-state index contributed by atoms with van der Waals surface area (Å²) in [5, 5.41) is 2.82. The van der Waals surface area contributed by atoms with E-state index in [9.17, 15) is 0 Å². The van der Waals surface area contributed by atoms with Crippen molar-refractivity contribution < 1.29 is 3.17 Å². The molecule has 0 atom stereocenters. The third-order valence-corrected chi connectivity index (χ3v) is 1.55. The van der Waals surface area contributed by atoms with Crippen LogP contribution in [-0.4, -0.2) is 24.9 Å². The molecule has 0 saturated heterocycles. The summed E-state index contributed by atoms with van der Waals surface area (Å²) in [6, 6.07) is 0. The summed E-state index contributed by atoms with van der Waals surface area (Å²) in [6.07, 6.45) is 0. The van der Waals surface area contributed by atoms with Crippen LogP contribution in [0.25, 0.3) is 0 Å². The van der Waals surface area contributed by atoms with Crippen molar-refractivity contribution in [1.29, 1.82) is 0 Å². The fraction of sp³-hybridized carbons (Fsp3) is 1.00. The van der Waals surface area contributed by atoms with E-state index in [1.165, 1.54) is 0 Å². The number of halogens is 1. The number of hydrogen-bond acceptors (Lipinski definition) is 2. The Labute approximate surface area is 53.9 Å². The quantitative estimate of drug-likeness (QED) is 0.283. The molecule has 2 nitrogen and oxygen atoms in total. The van der Waals surface area contributed by atoms with E-state index in [-0.39, 0.29) is 0 Å². The number of alkyl halides is 2. The van der Waals surface area contributed by atoms with Crippen LogP contribution in [0.1, 0.15) is 0 Å². The third kappa shape index (κ3) is 6.78. The van der Waals surface area contributed by atoms with Crippen LogP contribution in [0.5, 0.6) is 0 Å². The van der Waals surface area contributed by atoms with Gasteiger partial charge in [-0.25, -0.2) is 0 Å². The van der Waals surface area contributed by atoms with Crippen molar-refractivity contribution in [2.45, 2.75) is 0 Å². The van der Waals surface area contributed by atoms with Crippen molar-refractivity contribution in [3.8, 4) is 0 Å². The molecule has 0 amide bonds. The van der Waals surface area contributed by atoms with Gasteiger partial charge in [0, 0.05) is 0 Å². The molecule has 0 bridgehead atoms. The summed E-state index contributed by atoms with van der Waals surface area (Å²) >= 11 is -0.939. The van der Waals surface area contributed by atoms with Gasteiger partial charge < -0.3 is 0 Å². The molecule has 0 rings (SSSR count). The first-order valence-electron chi connectivity index (χ1n) is 2.18. The normalized spacial score (nSPS) is 10.9. The van der Waals surface area contributed by atoms with Crippen LogP contribution in [-0.2, 0) is 3.17 Å². The SMILES string of the molecule is BBNOI(C)C. The standard InChI is InChI=1S/C2H10B2INO/c1-5(2)7-6-4-3/h4,6H,3H2,1-2H3. The zero-order valence-electron chi connectivity index (χ0n) is 4.99. The zero-order valence-corrected chi connectivity index (χ0v) is 7.15. The Kier molecular flexibility index (Phi) is 5.48. The molecule has 0 aliphatic heterocycles. The molecule has 0 fully saturated rings. The summed E-state index contributed by atoms with van der Waals surface area (Å²) in [6.45, 7) is 0.